The maximum atomic E-state index is 9.77. The molecule has 0 rings (SSSR count). The Morgan fingerprint density at radius 1 is 0.545 bits per heavy atom. The molecule has 0 heterocycles. The zero-order valence-corrected chi connectivity index (χ0v) is 19.0. The Hall–Kier alpha value is -1.46. The summed E-state index contributed by atoms with van der Waals surface area (Å²) in [5.74, 6) is -3.54. The molecule has 0 saturated carbocycles. The molecule has 2 unspecified atom stereocenters. The van der Waals surface area contributed by atoms with Crippen molar-refractivity contribution in [2.45, 2.75) is 25.6 Å². The number of hydrogen-bond donors (Lipinski definition) is 7. The van der Waals surface area contributed by atoms with Gasteiger partial charge in [0.05, 0.1) is 79.3 Å². The van der Waals surface area contributed by atoms with Gasteiger partial charge in [0.1, 0.15) is 0 Å². The Bertz CT molecular complexity index is 374. The van der Waals surface area contributed by atoms with Gasteiger partial charge in [0.25, 0.3) is 0 Å². The highest BCUT2D eigenvalue weighted by Crippen LogP contribution is 1.92. The second kappa shape index (κ2) is 30.5. The maximum Gasteiger partial charge on any atom is 0.335 e. The number of carboxylic acid groups (broad SMARTS) is 2. The van der Waals surface area contributed by atoms with Gasteiger partial charge in [0.2, 0.25) is 0 Å². The SMILES string of the molecule is CCCOCCOCCOCCO.O=C(O)C(O)C(O)C(=O)O.OCCOCCOCCO. The largest absolute Gasteiger partial charge is 0.479 e. The first kappa shape index (κ1) is 36.1. The summed E-state index contributed by atoms with van der Waals surface area (Å²) >= 11 is 0. The smallest absolute Gasteiger partial charge is 0.335 e. The number of aliphatic hydroxyl groups excluding tert-OH is 5. The minimum Gasteiger partial charge on any atom is -0.479 e. The highest BCUT2D eigenvalue weighted by Gasteiger charge is 2.29. The van der Waals surface area contributed by atoms with Crippen molar-refractivity contribution in [3.05, 3.63) is 0 Å². The summed E-state index contributed by atoms with van der Waals surface area (Å²) in [7, 11) is 0. The van der Waals surface area contributed by atoms with Crippen LogP contribution in [0.4, 0.5) is 0 Å². The fourth-order valence-electron chi connectivity index (χ4n) is 1.47. The van der Waals surface area contributed by atoms with Crippen LogP contribution in [0.1, 0.15) is 13.3 Å². The Balaban J connectivity index is -0.000000415. The van der Waals surface area contributed by atoms with E-state index >= 15 is 0 Å². The fraction of sp³-hybridized carbons (Fsp3) is 0.895. The molecule has 2 atom stereocenters. The van der Waals surface area contributed by atoms with E-state index in [0.29, 0.717) is 59.5 Å². The van der Waals surface area contributed by atoms with E-state index in [1.54, 1.807) is 0 Å². The zero-order chi connectivity index (χ0) is 25.7. The topological polar surface area (TPSA) is 222 Å². The van der Waals surface area contributed by atoms with Gasteiger partial charge in [0, 0.05) is 6.61 Å². The van der Waals surface area contributed by atoms with Crippen LogP contribution in [0.5, 0.6) is 0 Å². The van der Waals surface area contributed by atoms with Gasteiger partial charge in [0.15, 0.2) is 12.2 Å². The van der Waals surface area contributed by atoms with Crippen LogP contribution in [0.25, 0.3) is 0 Å². The van der Waals surface area contributed by atoms with E-state index in [4.69, 9.17) is 59.4 Å². The average Bonchev–Trinajstić information content (AvgIpc) is 2.80. The van der Waals surface area contributed by atoms with Crippen molar-refractivity contribution in [3.8, 4) is 0 Å². The summed E-state index contributed by atoms with van der Waals surface area (Å²) in [4.78, 5) is 19.5. The normalized spacial score (nSPS) is 12.1. The van der Waals surface area contributed by atoms with Gasteiger partial charge in [-0.15, -0.1) is 0 Å². The summed E-state index contributed by atoms with van der Waals surface area (Å²) in [5, 5.41) is 57.4. The van der Waals surface area contributed by atoms with Crippen LogP contribution in [-0.2, 0) is 33.3 Å². The van der Waals surface area contributed by atoms with Crippen molar-refractivity contribution in [2.24, 2.45) is 0 Å². The summed E-state index contributed by atoms with van der Waals surface area (Å²) in [5.41, 5.74) is 0. The molecule has 200 valence electrons. The maximum absolute atomic E-state index is 9.77. The van der Waals surface area contributed by atoms with Gasteiger partial charge in [-0.1, -0.05) is 6.92 Å². The number of aliphatic hydroxyl groups is 5. The van der Waals surface area contributed by atoms with Crippen LogP contribution in [0, 0.1) is 0 Å². The molecule has 0 aromatic carbocycles. The van der Waals surface area contributed by atoms with Crippen molar-refractivity contribution in [3.63, 3.8) is 0 Å². The molecule has 0 aliphatic heterocycles. The molecule has 14 nitrogen and oxygen atoms in total. The lowest BCUT2D eigenvalue weighted by Crippen LogP contribution is -2.39. The van der Waals surface area contributed by atoms with Crippen LogP contribution in [0.2, 0.25) is 0 Å². The van der Waals surface area contributed by atoms with Gasteiger partial charge in [-0.05, 0) is 6.42 Å². The molecule has 0 saturated heterocycles. The number of carboxylic acids is 2. The molecule has 7 N–H and O–H groups in total. The van der Waals surface area contributed by atoms with E-state index in [0.717, 1.165) is 13.0 Å². The minimum atomic E-state index is -2.27. The zero-order valence-electron chi connectivity index (χ0n) is 19.0. The Kier molecular flexibility index (Phi) is 33.4. The first-order valence-electron chi connectivity index (χ1n) is 10.3. The minimum absolute atomic E-state index is 0.0417. The molecular formula is C19H40O14. The number of aliphatic carboxylic acids is 2. The summed E-state index contributed by atoms with van der Waals surface area (Å²) < 4.78 is 25.1. The molecule has 0 aliphatic rings. The molecule has 0 bridgehead atoms. The number of carbonyl (C=O) groups is 2. The van der Waals surface area contributed by atoms with Gasteiger partial charge >= 0.3 is 11.9 Å². The van der Waals surface area contributed by atoms with Gasteiger partial charge in [-0.3, -0.25) is 0 Å². The van der Waals surface area contributed by atoms with Crippen LogP contribution in [0.15, 0.2) is 0 Å². The molecule has 14 heteroatoms. The van der Waals surface area contributed by atoms with Crippen LogP contribution >= 0.6 is 0 Å². The standard InChI is InChI=1S/C9H20O4.C6H14O4.C4H6O6/c1-2-4-11-6-8-13-9-7-12-5-3-10;7-1-3-9-5-6-10-4-2-8;5-1(3(7)8)2(6)4(9)10/h10H,2-9H2,1H3;7-8H,1-6H2;1-2,5-6H,(H,7,8)(H,9,10). The lowest BCUT2D eigenvalue weighted by atomic mass is 10.2. The Labute approximate surface area is 193 Å². The molecule has 33 heavy (non-hydrogen) atoms. The van der Waals surface area contributed by atoms with E-state index in [9.17, 15) is 9.59 Å². The van der Waals surface area contributed by atoms with Crippen molar-refractivity contribution >= 4 is 11.9 Å². The quantitative estimate of drug-likeness (QED) is 0.0861. The summed E-state index contributed by atoms with van der Waals surface area (Å²) in [6, 6.07) is 0. The second-order valence-electron chi connectivity index (χ2n) is 5.80. The second-order valence-corrected chi connectivity index (χ2v) is 5.80. The molecule has 0 radical (unpaired) electrons. The molecule has 0 aliphatic carbocycles. The van der Waals surface area contributed by atoms with Gasteiger partial charge in [-0.2, -0.15) is 0 Å². The number of hydrogen-bond acceptors (Lipinski definition) is 12. The molecular weight excluding hydrogens is 452 g/mol. The Morgan fingerprint density at radius 2 is 0.788 bits per heavy atom. The predicted octanol–water partition coefficient (Wildman–Crippen LogP) is -2.68. The van der Waals surface area contributed by atoms with Crippen LogP contribution < -0.4 is 0 Å². The third-order valence-corrected chi connectivity index (χ3v) is 2.98. The first-order chi connectivity index (χ1) is 15.8. The monoisotopic (exact) mass is 492 g/mol. The highest BCUT2D eigenvalue weighted by atomic mass is 16.5. The highest BCUT2D eigenvalue weighted by molar-refractivity contribution is 5.83. The van der Waals surface area contributed by atoms with Gasteiger partial charge in [-0.25, -0.2) is 9.59 Å². The fourth-order valence-corrected chi connectivity index (χ4v) is 1.47. The van der Waals surface area contributed by atoms with Crippen molar-refractivity contribution in [1.29, 1.82) is 0 Å². The number of ether oxygens (including phenoxy) is 5. The van der Waals surface area contributed by atoms with E-state index < -0.39 is 24.1 Å². The molecule has 0 aromatic rings. The number of rotatable bonds is 20. The predicted molar refractivity (Wildman–Crippen MR) is 113 cm³/mol. The summed E-state index contributed by atoms with van der Waals surface area (Å²) in [6.07, 6.45) is -3.49. The van der Waals surface area contributed by atoms with Crippen LogP contribution in [-0.4, -0.2) is 146 Å². The first-order valence-corrected chi connectivity index (χ1v) is 10.3. The average molecular weight is 493 g/mol. The van der Waals surface area contributed by atoms with Crippen molar-refractivity contribution in [1.82, 2.24) is 0 Å². The third-order valence-electron chi connectivity index (χ3n) is 2.98. The molecule has 0 aromatic heterocycles. The van der Waals surface area contributed by atoms with E-state index in [1.165, 1.54) is 0 Å². The van der Waals surface area contributed by atoms with E-state index in [-0.39, 0.29) is 19.8 Å². The third kappa shape index (κ3) is 32.8. The van der Waals surface area contributed by atoms with Crippen LogP contribution in [0.3, 0.4) is 0 Å². The van der Waals surface area contributed by atoms with E-state index in [2.05, 4.69) is 6.92 Å². The van der Waals surface area contributed by atoms with Crippen molar-refractivity contribution in [2.75, 3.05) is 85.9 Å². The lowest BCUT2D eigenvalue weighted by molar-refractivity contribution is -0.165. The summed E-state index contributed by atoms with van der Waals surface area (Å²) in [6.45, 7) is 7.41. The molecule has 0 spiro atoms. The Morgan fingerprint density at radius 3 is 1.00 bits per heavy atom. The molecule has 0 fully saturated rings. The van der Waals surface area contributed by atoms with Gasteiger partial charge < -0.3 is 59.4 Å². The van der Waals surface area contributed by atoms with Crippen molar-refractivity contribution < 1.29 is 69.0 Å². The molecule has 0 amide bonds. The lowest BCUT2D eigenvalue weighted by Gasteiger charge is -2.07. The van der Waals surface area contributed by atoms with E-state index in [1.807, 2.05) is 0 Å².